The first-order valence-corrected chi connectivity index (χ1v) is 6.25. The molecule has 0 atom stereocenters. The van der Waals surface area contributed by atoms with Crippen LogP contribution in [0, 0.1) is 17.5 Å². The van der Waals surface area contributed by atoms with Crippen LogP contribution in [0.2, 0.25) is 0 Å². The third-order valence-electron chi connectivity index (χ3n) is 3.77. The number of aromatic nitrogens is 1. The summed E-state index contributed by atoms with van der Waals surface area (Å²) >= 11 is 0. The molecule has 0 bridgehead atoms. The smallest absolute Gasteiger partial charge is 0.206 e. The van der Waals surface area contributed by atoms with Gasteiger partial charge in [0, 0.05) is 12.1 Å². The van der Waals surface area contributed by atoms with Crippen molar-refractivity contribution >= 4 is 10.8 Å². The van der Waals surface area contributed by atoms with Crippen molar-refractivity contribution in [2.24, 2.45) is 0 Å². The molecule has 1 aromatic heterocycles. The van der Waals surface area contributed by atoms with Crippen molar-refractivity contribution in [2.75, 3.05) is 0 Å². The van der Waals surface area contributed by atoms with Crippen molar-refractivity contribution in [3.05, 3.63) is 65.6 Å². The van der Waals surface area contributed by atoms with E-state index in [0.29, 0.717) is 11.8 Å². The first-order chi connectivity index (χ1) is 9.66. The van der Waals surface area contributed by atoms with Crippen LogP contribution in [0.1, 0.15) is 5.56 Å². The third-order valence-corrected chi connectivity index (χ3v) is 3.77. The van der Waals surface area contributed by atoms with Crippen LogP contribution in [0.4, 0.5) is 13.2 Å². The first kappa shape index (κ1) is 11.5. The Morgan fingerprint density at radius 1 is 0.950 bits per heavy atom. The van der Waals surface area contributed by atoms with Crippen molar-refractivity contribution in [1.82, 2.24) is 0 Å². The van der Waals surface area contributed by atoms with E-state index in [4.69, 9.17) is 0 Å². The quantitative estimate of drug-likeness (QED) is 0.340. The van der Waals surface area contributed by atoms with Gasteiger partial charge < -0.3 is 0 Å². The van der Waals surface area contributed by atoms with Gasteiger partial charge >= 0.3 is 0 Å². The van der Waals surface area contributed by atoms with Crippen LogP contribution in [-0.2, 0) is 6.54 Å². The van der Waals surface area contributed by atoms with E-state index in [9.17, 15) is 13.2 Å². The lowest BCUT2D eigenvalue weighted by Crippen LogP contribution is -2.31. The van der Waals surface area contributed by atoms with E-state index in [0.717, 1.165) is 10.8 Å². The molecular weight excluding hydrogens is 263 g/mol. The molecule has 4 heteroatoms. The molecule has 0 saturated carbocycles. The van der Waals surface area contributed by atoms with E-state index in [-0.39, 0.29) is 17.7 Å². The zero-order valence-corrected chi connectivity index (χ0v) is 10.3. The summed E-state index contributed by atoms with van der Waals surface area (Å²) < 4.78 is 43.1. The molecule has 2 aromatic carbocycles. The first-order valence-electron chi connectivity index (χ1n) is 6.25. The predicted octanol–water partition coefficient (Wildman–Crippen LogP) is 3.57. The van der Waals surface area contributed by atoms with Gasteiger partial charge in [0.25, 0.3) is 0 Å². The minimum absolute atomic E-state index is 0.0823. The molecule has 1 aliphatic heterocycles. The summed E-state index contributed by atoms with van der Waals surface area (Å²) in [5.41, 5.74) is 0.856. The summed E-state index contributed by atoms with van der Waals surface area (Å²) in [7, 11) is 0. The highest BCUT2D eigenvalue weighted by Gasteiger charge is 2.35. The normalized spacial score (nSPS) is 12.6. The average Bonchev–Trinajstić information content (AvgIpc) is 2.85. The molecule has 4 rings (SSSR count). The lowest BCUT2D eigenvalue weighted by atomic mass is 10.0. The van der Waals surface area contributed by atoms with E-state index < -0.39 is 17.5 Å². The Bertz CT molecular complexity index is 871. The molecule has 0 unspecified atom stereocenters. The Morgan fingerprint density at radius 3 is 2.60 bits per heavy atom. The highest BCUT2D eigenvalue weighted by Crippen LogP contribution is 2.36. The van der Waals surface area contributed by atoms with E-state index in [1.54, 1.807) is 10.8 Å². The van der Waals surface area contributed by atoms with Crippen molar-refractivity contribution in [3.63, 3.8) is 0 Å². The minimum Gasteiger partial charge on any atom is -0.206 e. The Hall–Kier alpha value is -2.36. The van der Waals surface area contributed by atoms with Gasteiger partial charge in [-0.2, -0.15) is 4.57 Å². The summed E-state index contributed by atoms with van der Waals surface area (Å²) in [5, 5.41) is 1.77. The van der Waals surface area contributed by atoms with Crippen LogP contribution in [0.15, 0.2) is 42.6 Å². The van der Waals surface area contributed by atoms with Gasteiger partial charge in [-0.3, -0.25) is 0 Å². The monoisotopic (exact) mass is 272 g/mol. The maximum atomic E-state index is 14.1. The molecule has 0 spiro atoms. The molecule has 3 aromatic rings. The molecule has 0 radical (unpaired) electrons. The summed E-state index contributed by atoms with van der Waals surface area (Å²) in [5.74, 6) is -2.82. The van der Waals surface area contributed by atoms with E-state index in [1.807, 2.05) is 30.3 Å². The molecule has 2 heterocycles. The highest BCUT2D eigenvalue weighted by atomic mass is 19.2. The van der Waals surface area contributed by atoms with Crippen LogP contribution < -0.4 is 4.57 Å². The molecule has 0 N–H and O–H groups in total. The third kappa shape index (κ3) is 1.36. The van der Waals surface area contributed by atoms with Gasteiger partial charge in [-0.15, -0.1) is 0 Å². The number of halogens is 3. The van der Waals surface area contributed by atoms with E-state index in [1.165, 1.54) is 0 Å². The zero-order chi connectivity index (χ0) is 13.9. The lowest BCUT2D eigenvalue weighted by Gasteiger charge is -2.02. The Morgan fingerprint density at radius 2 is 1.75 bits per heavy atom. The molecule has 0 fully saturated rings. The van der Waals surface area contributed by atoms with Crippen LogP contribution in [0.25, 0.3) is 22.0 Å². The van der Waals surface area contributed by atoms with Crippen molar-refractivity contribution in [1.29, 1.82) is 0 Å². The molecular formula is C16H9F3N+. The fraction of sp³-hybridized carbons (Fsp3) is 0.0625. The number of pyridine rings is 1. The van der Waals surface area contributed by atoms with Crippen molar-refractivity contribution < 1.29 is 17.7 Å². The molecule has 98 valence electrons. The lowest BCUT2D eigenvalue weighted by molar-refractivity contribution is -0.671. The van der Waals surface area contributed by atoms with Gasteiger partial charge in [-0.25, -0.2) is 13.2 Å². The van der Waals surface area contributed by atoms with Crippen LogP contribution >= 0.6 is 0 Å². The van der Waals surface area contributed by atoms with Gasteiger partial charge in [-0.05, 0) is 11.5 Å². The van der Waals surface area contributed by atoms with E-state index >= 15 is 0 Å². The standard InChI is InChI=1S/C16H9F3N/c17-12-7-13(18)15(19)11-8-20-6-5-9-3-1-2-4-10(9)16(20)14(11)12/h1-7H,8H2/q+1. The van der Waals surface area contributed by atoms with Crippen LogP contribution in [0.3, 0.4) is 0 Å². The molecule has 0 aliphatic carbocycles. The number of hydrogen-bond acceptors (Lipinski definition) is 0. The number of fused-ring (bicyclic) bond motifs is 5. The number of benzene rings is 2. The largest absolute Gasteiger partial charge is 0.224 e. The Labute approximate surface area is 112 Å². The summed E-state index contributed by atoms with van der Waals surface area (Å²) in [4.78, 5) is 0. The zero-order valence-electron chi connectivity index (χ0n) is 10.3. The molecule has 0 amide bonds. The topological polar surface area (TPSA) is 3.88 Å². The van der Waals surface area contributed by atoms with Gasteiger partial charge in [0.2, 0.25) is 5.69 Å². The SMILES string of the molecule is Fc1cc(F)c2c(c1F)C[n+]1ccc3ccccc3c1-2. The van der Waals surface area contributed by atoms with Gasteiger partial charge in [0.05, 0.1) is 16.5 Å². The van der Waals surface area contributed by atoms with E-state index in [2.05, 4.69) is 0 Å². The molecule has 20 heavy (non-hydrogen) atoms. The Balaban J connectivity index is 2.17. The predicted molar refractivity (Wildman–Crippen MR) is 68.6 cm³/mol. The fourth-order valence-corrected chi connectivity index (χ4v) is 2.89. The second-order valence-corrected chi connectivity index (χ2v) is 4.89. The summed E-state index contributed by atoms with van der Waals surface area (Å²) in [6.07, 6.45) is 1.77. The Kier molecular flexibility index (Phi) is 2.19. The summed E-state index contributed by atoms with van der Waals surface area (Å²) in [6, 6.07) is 10.0. The van der Waals surface area contributed by atoms with Crippen molar-refractivity contribution in [2.45, 2.75) is 6.54 Å². The van der Waals surface area contributed by atoms with Gasteiger partial charge in [0.15, 0.2) is 24.4 Å². The van der Waals surface area contributed by atoms with Crippen LogP contribution in [0.5, 0.6) is 0 Å². The number of hydrogen-bond donors (Lipinski definition) is 0. The second-order valence-electron chi connectivity index (χ2n) is 4.89. The molecule has 1 nitrogen and oxygen atoms in total. The fourth-order valence-electron chi connectivity index (χ4n) is 2.89. The minimum atomic E-state index is -1.14. The highest BCUT2D eigenvalue weighted by molar-refractivity contribution is 5.94. The second kappa shape index (κ2) is 3.82. The van der Waals surface area contributed by atoms with Gasteiger partial charge in [-0.1, -0.05) is 18.2 Å². The van der Waals surface area contributed by atoms with Crippen molar-refractivity contribution in [3.8, 4) is 11.3 Å². The number of nitrogens with zero attached hydrogens (tertiary/aromatic N) is 1. The average molecular weight is 272 g/mol. The molecule has 0 saturated heterocycles. The summed E-state index contributed by atoms with van der Waals surface area (Å²) in [6.45, 7) is 0.149. The van der Waals surface area contributed by atoms with Crippen LogP contribution in [-0.4, -0.2) is 0 Å². The maximum absolute atomic E-state index is 14.1. The maximum Gasteiger partial charge on any atom is 0.224 e. The molecule has 1 aliphatic rings. The number of rotatable bonds is 0. The van der Waals surface area contributed by atoms with Gasteiger partial charge in [0.1, 0.15) is 5.82 Å².